The summed E-state index contributed by atoms with van der Waals surface area (Å²) < 4.78 is 5.04. The first-order chi connectivity index (χ1) is 4.55. The third-order valence-electron chi connectivity index (χ3n) is 1.58. The molecule has 1 amide bonds. The van der Waals surface area contributed by atoms with Crippen molar-refractivity contribution in [1.82, 2.24) is 4.90 Å². The summed E-state index contributed by atoms with van der Waals surface area (Å²) in [6.07, 6.45) is -0.187. The number of rotatable bonds is 1. The van der Waals surface area contributed by atoms with Crippen molar-refractivity contribution in [2.45, 2.75) is 26.4 Å². The summed E-state index contributed by atoms with van der Waals surface area (Å²) in [7, 11) is 0. The van der Waals surface area contributed by atoms with Crippen molar-refractivity contribution in [3.8, 4) is 0 Å². The van der Waals surface area contributed by atoms with Gasteiger partial charge in [-0.15, -0.1) is 0 Å². The summed E-state index contributed by atoms with van der Waals surface area (Å²) >= 11 is 0. The molecule has 0 atom stereocenters. The van der Waals surface area contributed by atoms with Crippen LogP contribution in [0, 0.1) is 0 Å². The standard InChI is InChI=1S/C7H13NO2/c1-4-8-5-7(2,3)10-6(8)9/h4-5H2,1-3H3. The SMILES string of the molecule is CCN1CC(C)(C)OC1=O. The van der Waals surface area contributed by atoms with Gasteiger partial charge in [0.05, 0.1) is 6.54 Å². The van der Waals surface area contributed by atoms with E-state index in [9.17, 15) is 4.79 Å². The molecule has 0 bridgehead atoms. The Kier molecular flexibility index (Phi) is 1.58. The Morgan fingerprint density at radius 2 is 2.30 bits per heavy atom. The molecule has 0 spiro atoms. The average molecular weight is 143 g/mol. The Bertz CT molecular complexity index is 154. The monoisotopic (exact) mass is 143 g/mol. The molecule has 1 saturated heterocycles. The molecule has 0 saturated carbocycles. The fourth-order valence-corrected chi connectivity index (χ4v) is 1.10. The summed E-state index contributed by atoms with van der Waals surface area (Å²) in [5.41, 5.74) is -0.285. The van der Waals surface area contributed by atoms with Crippen molar-refractivity contribution in [1.29, 1.82) is 0 Å². The minimum atomic E-state index is -0.285. The second kappa shape index (κ2) is 2.15. The van der Waals surface area contributed by atoms with Crippen molar-refractivity contribution in [3.05, 3.63) is 0 Å². The summed E-state index contributed by atoms with van der Waals surface area (Å²) in [5, 5.41) is 0. The first-order valence-electron chi connectivity index (χ1n) is 3.53. The molecule has 1 aliphatic rings. The first kappa shape index (κ1) is 7.38. The molecule has 10 heavy (non-hydrogen) atoms. The van der Waals surface area contributed by atoms with Crippen LogP contribution in [0.1, 0.15) is 20.8 Å². The number of ether oxygens (including phenoxy) is 1. The van der Waals surface area contributed by atoms with E-state index in [1.54, 1.807) is 4.90 Å². The van der Waals surface area contributed by atoms with Crippen LogP contribution in [-0.2, 0) is 4.74 Å². The van der Waals surface area contributed by atoms with Crippen LogP contribution >= 0.6 is 0 Å². The van der Waals surface area contributed by atoms with Gasteiger partial charge < -0.3 is 9.64 Å². The van der Waals surface area contributed by atoms with Gasteiger partial charge in [-0.05, 0) is 20.8 Å². The largest absolute Gasteiger partial charge is 0.441 e. The Morgan fingerprint density at radius 1 is 1.70 bits per heavy atom. The summed E-state index contributed by atoms with van der Waals surface area (Å²) in [6, 6.07) is 0. The van der Waals surface area contributed by atoms with E-state index >= 15 is 0 Å². The average Bonchev–Trinajstić information content (AvgIpc) is 2.05. The molecule has 3 nitrogen and oxygen atoms in total. The number of nitrogens with zero attached hydrogens (tertiary/aromatic N) is 1. The zero-order valence-electron chi connectivity index (χ0n) is 6.68. The lowest BCUT2D eigenvalue weighted by Crippen LogP contribution is -2.28. The zero-order valence-corrected chi connectivity index (χ0v) is 6.68. The Balaban J connectivity index is 2.61. The van der Waals surface area contributed by atoms with Crippen molar-refractivity contribution >= 4 is 6.09 Å². The Labute approximate surface area is 61.0 Å². The van der Waals surface area contributed by atoms with Crippen LogP contribution in [-0.4, -0.2) is 29.7 Å². The van der Waals surface area contributed by atoms with E-state index in [1.807, 2.05) is 20.8 Å². The van der Waals surface area contributed by atoms with Gasteiger partial charge in [0, 0.05) is 6.54 Å². The minimum absolute atomic E-state index is 0.187. The molecule has 1 rings (SSSR count). The smallest absolute Gasteiger partial charge is 0.410 e. The quantitative estimate of drug-likeness (QED) is 0.552. The molecule has 0 aromatic rings. The van der Waals surface area contributed by atoms with Gasteiger partial charge in [-0.3, -0.25) is 0 Å². The van der Waals surface area contributed by atoms with E-state index in [4.69, 9.17) is 4.74 Å². The Hall–Kier alpha value is -0.730. The summed E-state index contributed by atoms with van der Waals surface area (Å²) in [5.74, 6) is 0. The summed E-state index contributed by atoms with van der Waals surface area (Å²) in [6.45, 7) is 7.23. The van der Waals surface area contributed by atoms with Crippen molar-refractivity contribution < 1.29 is 9.53 Å². The van der Waals surface area contributed by atoms with Gasteiger partial charge in [0.2, 0.25) is 0 Å². The zero-order chi connectivity index (χ0) is 7.78. The van der Waals surface area contributed by atoms with Crippen molar-refractivity contribution in [2.24, 2.45) is 0 Å². The molecule has 1 fully saturated rings. The van der Waals surface area contributed by atoms with E-state index in [0.717, 1.165) is 6.54 Å². The molecule has 0 N–H and O–H groups in total. The third-order valence-corrected chi connectivity index (χ3v) is 1.58. The highest BCUT2D eigenvalue weighted by molar-refractivity contribution is 5.70. The fourth-order valence-electron chi connectivity index (χ4n) is 1.10. The highest BCUT2D eigenvalue weighted by Gasteiger charge is 2.36. The third kappa shape index (κ3) is 1.23. The second-order valence-corrected chi connectivity index (χ2v) is 3.14. The lowest BCUT2D eigenvalue weighted by atomic mass is 10.1. The van der Waals surface area contributed by atoms with Crippen LogP contribution in [0.3, 0.4) is 0 Å². The number of carbonyl (C=O) groups is 1. The maximum Gasteiger partial charge on any atom is 0.410 e. The van der Waals surface area contributed by atoms with Gasteiger partial charge in [-0.2, -0.15) is 0 Å². The van der Waals surface area contributed by atoms with Gasteiger partial charge >= 0.3 is 6.09 Å². The normalized spacial score (nSPS) is 23.1. The van der Waals surface area contributed by atoms with Crippen LogP contribution in [0.25, 0.3) is 0 Å². The van der Waals surface area contributed by atoms with Crippen LogP contribution in [0.4, 0.5) is 4.79 Å². The lowest BCUT2D eigenvalue weighted by Gasteiger charge is -2.13. The van der Waals surface area contributed by atoms with Crippen LogP contribution in [0.5, 0.6) is 0 Å². The van der Waals surface area contributed by atoms with Gasteiger partial charge in [-0.25, -0.2) is 4.79 Å². The second-order valence-electron chi connectivity index (χ2n) is 3.14. The van der Waals surface area contributed by atoms with Gasteiger partial charge in [0.1, 0.15) is 5.60 Å². The topological polar surface area (TPSA) is 29.5 Å². The first-order valence-corrected chi connectivity index (χ1v) is 3.53. The van der Waals surface area contributed by atoms with E-state index in [1.165, 1.54) is 0 Å². The molecule has 1 heterocycles. The number of hydrogen-bond donors (Lipinski definition) is 0. The predicted molar refractivity (Wildman–Crippen MR) is 37.8 cm³/mol. The van der Waals surface area contributed by atoms with Crippen LogP contribution < -0.4 is 0 Å². The van der Waals surface area contributed by atoms with Gasteiger partial charge in [0.25, 0.3) is 0 Å². The number of cyclic esters (lactones) is 1. The van der Waals surface area contributed by atoms with E-state index < -0.39 is 0 Å². The fraction of sp³-hybridized carbons (Fsp3) is 0.857. The maximum atomic E-state index is 10.9. The van der Waals surface area contributed by atoms with E-state index in [2.05, 4.69) is 0 Å². The molecule has 1 aliphatic heterocycles. The number of amides is 1. The van der Waals surface area contributed by atoms with Gasteiger partial charge in [0.15, 0.2) is 0 Å². The molecular weight excluding hydrogens is 130 g/mol. The van der Waals surface area contributed by atoms with Crippen LogP contribution in [0.15, 0.2) is 0 Å². The highest BCUT2D eigenvalue weighted by Crippen LogP contribution is 2.20. The predicted octanol–water partition coefficient (Wildman–Crippen LogP) is 1.24. The molecule has 0 aromatic carbocycles. The van der Waals surface area contributed by atoms with Crippen molar-refractivity contribution in [3.63, 3.8) is 0 Å². The number of likely N-dealkylation sites (N-methyl/N-ethyl adjacent to an activating group) is 1. The maximum absolute atomic E-state index is 10.9. The van der Waals surface area contributed by atoms with E-state index in [0.29, 0.717) is 6.54 Å². The molecule has 0 aliphatic carbocycles. The molecular formula is C7H13NO2. The molecule has 0 unspecified atom stereocenters. The van der Waals surface area contributed by atoms with Gasteiger partial charge in [-0.1, -0.05) is 0 Å². The highest BCUT2D eigenvalue weighted by atomic mass is 16.6. The van der Waals surface area contributed by atoms with Crippen LogP contribution in [0.2, 0.25) is 0 Å². The Morgan fingerprint density at radius 3 is 2.50 bits per heavy atom. The molecule has 0 radical (unpaired) electrons. The molecule has 58 valence electrons. The van der Waals surface area contributed by atoms with E-state index in [-0.39, 0.29) is 11.7 Å². The molecule has 0 aromatic heterocycles. The van der Waals surface area contributed by atoms with Crippen molar-refractivity contribution in [2.75, 3.05) is 13.1 Å². The molecule has 3 heteroatoms. The number of carbonyl (C=O) groups excluding carboxylic acids is 1. The minimum Gasteiger partial charge on any atom is -0.441 e. The summed E-state index contributed by atoms with van der Waals surface area (Å²) in [4.78, 5) is 12.6. The lowest BCUT2D eigenvalue weighted by molar-refractivity contribution is 0.0860. The number of hydrogen-bond acceptors (Lipinski definition) is 2.